The molecular formula is C13H16N4O4. The monoisotopic (exact) mass is 292 g/mol. The Morgan fingerprint density at radius 3 is 2.90 bits per heavy atom. The molecule has 1 N–H and O–H groups in total. The molecule has 0 fully saturated rings. The predicted octanol–water partition coefficient (Wildman–Crippen LogP) is 0.701. The van der Waals surface area contributed by atoms with E-state index in [0.717, 1.165) is 0 Å². The second-order valence-electron chi connectivity index (χ2n) is 4.16. The summed E-state index contributed by atoms with van der Waals surface area (Å²) in [6.45, 7) is 1.76. The van der Waals surface area contributed by atoms with Gasteiger partial charge >= 0.3 is 5.97 Å². The molecule has 0 atom stereocenters. The van der Waals surface area contributed by atoms with Crippen LogP contribution < -0.4 is 0 Å². The fourth-order valence-electron chi connectivity index (χ4n) is 1.80. The summed E-state index contributed by atoms with van der Waals surface area (Å²) in [5, 5.41) is 16.8. The molecule has 112 valence electrons. The van der Waals surface area contributed by atoms with Crippen molar-refractivity contribution in [1.82, 2.24) is 20.0 Å². The topological polar surface area (TPSA) is 99.4 Å². The van der Waals surface area contributed by atoms with E-state index in [4.69, 9.17) is 9.47 Å². The summed E-state index contributed by atoms with van der Waals surface area (Å²) in [4.78, 5) is 15.2. The number of aromatic carboxylic acids is 1. The van der Waals surface area contributed by atoms with Gasteiger partial charge in [-0.3, -0.25) is 4.98 Å². The lowest BCUT2D eigenvalue weighted by Crippen LogP contribution is -2.12. The minimum absolute atomic E-state index is 0.0973. The van der Waals surface area contributed by atoms with Gasteiger partial charge in [0.2, 0.25) is 0 Å². The molecule has 0 aliphatic carbocycles. The minimum atomic E-state index is -1.12. The minimum Gasteiger partial charge on any atom is -0.476 e. The lowest BCUT2D eigenvalue weighted by atomic mass is 10.1. The second-order valence-corrected chi connectivity index (χ2v) is 4.16. The van der Waals surface area contributed by atoms with Crippen LogP contribution in [0.3, 0.4) is 0 Å². The Kier molecular flexibility index (Phi) is 5.35. The molecule has 0 aromatic carbocycles. The summed E-state index contributed by atoms with van der Waals surface area (Å²) < 4.78 is 11.7. The van der Waals surface area contributed by atoms with Crippen molar-refractivity contribution < 1.29 is 19.4 Å². The van der Waals surface area contributed by atoms with E-state index in [0.29, 0.717) is 37.6 Å². The predicted molar refractivity (Wildman–Crippen MR) is 72.9 cm³/mol. The maximum absolute atomic E-state index is 11.2. The van der Waals surface area contributed by atoms with Gasteiger partial charge in [-0.15, -0.1) is 5.10 Å². The molecule has 0 aliphatic rings. The normalized spacial score (nSPS) is 10.7. The number of rotatable bonds is 8. The molecule has 0 amide bonds. The highest BCUT2D eigenvalue weighted by molar-refractivity contribution is 5.92. The molecule has 2 heterocycles. The highest BCUT2D eigenvalue weighted by atomic mass is 16.5. The fraction of sp³-hybridized carbons (Fsp3) is 0.385. The van der Waals surface area contributed by atoms with E-state index in [-0.39, 0.29) is 5.69 Å². The summed E-state index contributed by atoms with van der Waals surface area (Å²) in [6, 6.07) is 3.49. The summed E-state index contributed by atoms with van der Waals surface area (Å²) in [6.07, 6.45) is 3.19. The van der Waals surface area contributed by atoms with Crippen LogP contribution in [0.1, 0.15) is 10.5 Å². The fourth-order valence-corrected chi connectivity index (χ4v) is 1.80. The second kappa shape index (κ2) is 7.46. The van der Waals surface area contributed by atoms with E-state index >= 15 is 0 Å². The molecule has 2 aromatic heterocycles. The van der Waals surface area contributed by atoms with Crippen molar-refractivity contribution in [1.29, 1.82) is 0 Å². The van der Waals surface area contributed by atoms with Gasteiger partial charge in [-0.1, -0.05) is 5.21 Å². The summed E-state index contributed by atoms with van der Waals surface area (Å²) in [5.41, 5.74) is 0.975. The zero-order valence-electron chi connectivity index (χ0n) is 11.6. The smallest absolute Gasteiger partial charge is 0.358 e. The molecule has 0 bridgehead atoms. The van der Waals surface area contributed by atoms with Gasteiger partial charge in [0.25, 0.3) is 0 Å². The molecule has 2 rings (SSSR count). The Bertz CT molecular complexity index is 585. The van der Waals surface area contributed by atoms with Crippen molar-refractivity contribution in [2.24, 2.45) is 0 Å². The number of ether oxygens (including phenoxy) is 2. The first-order chi connectivity index (χ1) is 10.2. The highest BCUT2D eigenvalue weighted by Crippen LogP contribution is 2.21. The van der Waals surface area contributed by atoms with E-state index in [1.165, 1.54) is 4.68 Å². The Morgan fingerprint density at radius 1 is 1.38 bits per heavy atom. The van der Waals surface area contributed by atoms with Crippen LogP contribution in [-0.2, 0) is 16.0 Å². The number of nitrogens with zero attached hydrogens (tertiary/aromatic N) is 4. The largest absolute Gasteiger partial charge is 0.476 e. The lowest BCUT2D eigenvalue weighted by molar-refractivity contribution is 0.0653. The van der Waals surface area contributed by atoms with Crippen LogP contribution in [0, 0.1) is 0 Å². The van der Waals surface area contributed by atoms with E-state index in [1.54, 1.807) is 31.6 Å². The van der Waals surface area contributed by atoms with Crippen molar-refractivity contribution in [3.05, 3.63) is 30.2 Å². The first-order valence-electron chi connectivity index (χ1n) is 6.38. The summed E-state index contributed by atoms with van der Waals surface area (Å²) in [7, 11) is 1.60. The maximum Gasteiger partial charge on any atom is 0.358 e. The van der Waals surface area contributed by atoms with Crippen molar-refractivity contribution in [3.63, 3.8) is 0 Å². The average molecular weight is 292 g/mol. The molecule has 21 heavy (non-hydrogen) atoms. The van der Waals surface area contributed by atoms with Crippen LogP contribution in [0.4, 0.5) is 0 Å². The Hall–Kier alpha value is -2.32. The van der Waals surface area contributed by atoms with Gasteiger partial charge in [-0.25, -0.2) is 9.48 Å². The molecule has 0 radical (unpaired) electrons. The third-order valence-corrected chi connectivity index (χ3v) is 2.75. The van der Waals surface area contributed by atoms with Gasteiger partial charge in [-0.2, -0.15) is 0 Å². The van der Waals surface area contributed by atoms with Gasteiger partial charge in [0, 0.05) is 25.1 Å². The number of hydrogen-bond donors (Lipinski definition) is 1. The van der Waals surface area contributed by atoms with Gasteiger partial charge in [0.15, 0.2) is 5.69 Å². The number of pyridine rings is 1. The molecule has 0 saturated heterocycles. The first kappa shape index (κ1) is 15.1. The van der Waals surface area contributed by atoms with Gasteiger partial charge in [-0.05, 0) is 12.1 Å². The van der Waals surface area contributed by atoms with Crippen LogP contribution >= 0.6 is 0 Å². The van der Waals surface area contributed by atoms with Crippen molar-refractivity contribution in [2.45, 2.75) is 6.54 Å². The van der Waals surface area contributed by atoms with E-state index in [9.17, 15) is 9.90 Å². The zero-order valence-corrected chi connectivity index (χ0v) is 11.6. The summed E-state index contributed by atoms with van der Waals surface area (Å²) in [5.74, 6) is -1.12. The Balaban J connectivity index is 2.16. The van der Waals surface area contributed by atoms with Crippen LogP contribution in [-0.4, -0.2) is 58.0 Å². The number of carbonyl (C=O) groups is 1. The molecular weight excluding hydrogens is 276 g/mol. The van der Waals surface area contributed by atoms with Crippen LogP contribution in [0.5, 0.6) is 0 Å². The number of aromatic nitrogens is 4. The van der Waals surface area contributed by atoms with Crippen molar-refractivity contribution in [2.75, 3.05) is 26.9 Å². The van der Waals surface area contributed by atoms with Gasteiger partial charge in [0.05, 0.1) is 26.4 Å². The molecule has 0 aliphatic heterocycles. The summed E-state index contributed by atoms with van der Waals surface area (Å²) >= 11 is 0. The molecule has 0 saturated carbocycles. The third-order valence-electron chi connectivity index (χ3n) is 2.75. The van der Waals surface area contributed by atoms with Crippen molar-refractivity contribution in [3.8, 4) is 11.3 Å². The van der Waals surface area contributed by atoms with Crippen LogP contribution in [0.15, 0.2) is 24.5 Å². The van der Waals surface area contributed by atoms with Crippen molar-refractivity contribution >= 4 is 5.97 Å². The maximum atomic E-state index is 11.2. The standard InChI is InChI=1S/C13H16N4O4/c1-20-7-8-21-6-5-17-12(10-3-2-4-14-9-10)11(13(18)19)15-16-17/h2-4,9H,5-8H2,1H3,(H,18,19). The number of carboxylic acids is 1. The third kappa shape index (κ3) is 3.83. The quantitative estimate of drug-likeness (QED) is 0.715. The van der Waals surface area contributed by atoms with Crippen LogP contribution in [0.2, 0.25) is 0 Å². The van der Waals surface area contributed by atoms with E-state index in [1.807, 2.05) is 0 Å². The highest BCUT2D eigenvalue weighted by Gasteiger charge is 2.20. The number of methoxy groups -OCH3 is 1. The van der Waals surface area contributed by atoms with E-state index < -0.39 is 5.97 Å². The van der Waals surface area contributed by atoms with Gasteiger partial charge in [0.1, 0.15) is 5.69 Å². The Labute approximate surface area is 121 Å². The molecule has 0 spiro atoms. The average Bonchev–Trinajstić information content (AvgIpc) is 2.92. The SMILES string of the molecule is COCCOCCn1nnc(C(=O)O)c1-c1cccnc1. The first-order valence-corrected chi connectivity index (χ1v) is 6.38. The van der Waals surface area contributed by atoms with Crippen LogP contribution in [0.25, 0.3) is 11.3 Å². The molecule has 0 unspecified atom stereocenters. The number of carboxylic acid groups (broad SMARTS) is 1. The van der Waals surface area contributed by atoms with E-state index in [2.05, 4.69) is 15.3 Å². The molecule has 2 aromatic rings. The molecule has 8 heteroatoms. The molecule has 8 nitrogen and oxygen atoms in total. The Morgan fingerprint density at radius 2 is 2.24 bits per heavy atom. The lowest BCUT2D eigenvalue weighted by Gasteiger charge is -2.07. The zero-order chi connectivity index (χ0) is 15.1. The number of hydrogen-bond acceptors (Lipinski definition) is 6. The van der Waals surface area contributed by atoms with Gasteiger partial charge < -0.3 is 14.6 Å².